The van der Waals surface area contributed by atoms with Gasteiger partial charge in [0.05, 0.1) is 5.71 Å². The summed E-state index contributed by atoms with van der Waals surface area (Å²) in [6.07, 6.45) is 4.92. The molecule has 2 aliphatic rings. The largest absolute Gasteiger partial charge is 0.273 e. The van der Waals surface area contributed by atoms with E-state index in [1.165, 1.54) is 25.7 Å². The van der Waals surface area contributed by atoms with Crippen molar-refractivity contribution in [3.8, 4) is 0 Å². The van der Waals surface area contributed by atoms with Gasteiger partial charge in [0.2, 0.25) is 5.91 Å². The second-order valence-corrected chi connectivity index (χ2v) is 7.43. The fourth-order valence-corrected chi connectivity index (χ4v) is 4.08. The fraction of sp³-hybridized carbons (Fsp3) is 0.529. The first-order chi connectivity index (χ1) is 10.0. The molecular weight excluding hydrogens is 328 g/mol. The minimum Gasteiger partial charge on any atom is -0.273 e. The van der Waals surface area contributed by atoms with Crippen LogP contribution < -0.4 is 5.43 Å². The third-order valence-electron chi connectivity index (χ3n) is 5.21. The number of halogens is 1. The van der Waals surface area contributed by atoms with Crippen molar-refractivity contribution >= 4 is 27.5 Å². The van der Waals surface area contributed by atoms with Crippen LogP contribution in [0.25, 0.3) is 0 Å². The topological polar surface area (TPSA) is 41.5 Å². The summed E-state index contributed by atoms with van der Waals surface area (Å²) >= 11 is 3.42. The number of nitrogens with zero attached hydrogens (tertiary/aromatic N) is 1. The molecule has 0 heterocycles. The highest BCUT2D eigenvalue weighted by molar-refractivity contribution is 9.10. The van der Waals surface area contributed by atoms with Crippen molar-refractivity contribution < 1.29 is 4.79 Å². The van der Waals surface area contributed by atoms with Gasteiger partial charge in [0.15, 0.2) is 0 Å². The molecule has 2 aliphatic carbocycles. The van der Waals surface area contributed by atoms with Gasteiger partial charge in [0.25, 0.3) is 0 Å². The summed E-state index contributed by atoms with van der Waals surface area (Å²) in [7, 11) is 0. The predicted octanol–water partition coefficient (Wildman–Crippen LogP) is 4.12. The molecule has 0 aliphatic heterocycles. The van der Waals surface area contributed by atoms with E-state index in [-0.39, 0.29) is 17.2 Å². The third kappa shape index (κ3) is 2.78. The van der Waals surface area contributed by atoms with Crippen molar-refractivity contribution in [2.24, 2.45) is 22.4 Å². The van der Waals surface area contributed by atoms with Gasteiger partial charge in [-0.1, -0.05) is 47.8 Å². The zero-order chi connectivity index (χ0) is 15.0. The van der Waals surface area contributed by atoms with Crippen LogP contribution in [0, 0.1) is 17.3 Å². The fourth-order valence-electron chi connectivity index (χ4n) is 3.81. The van der Waals surface area contributed by atoms with Gasteiger partial charge in [0, 0.05) is 10.4 Å². The first-order valence-electron chi connectivity index (χ1n) is 7.62. The number of amides is 1. The van der Waals surface area contributed by atoms with E-state index in [9.17, 15) is 4.79 Å². The Bertz CT molecular complexity index is 581. The molecule has 4 heteroatoms. The average Bonchev–Trinajstić information content (AvgIpc) is 3.11. The molecule has 1 amide bonds. The number of nitrogens with one attached hydrogen (secondary N) is 1. The van der Waals surface area contributed by atoms with E-state index in [0.29, 0.717) is 5.92 Å². The lowest BCUT2D eigenvalue weighted by Gasteiger charge is -2.15. The van der Waals surface area contributed by atoms with Gasteiger partial charge in [-0.25, -0.2) is 5.43 Å². The summed E-state index contributed by atoms with van der Waals surface area (Å²) in [6.45, 7) is 4.18. The first-order valence-corrected chi connectivity index (χ1v) is 8.42. The second-order valence-electron chi connectivity index (χ2n) is 6.52. The van der Waals surface area contributed by atoms with Gasteiger partial charge >= 0.3 is 0 Å². The molecule has 2 saturated carbocycles. The summed E-state index contributed by atoms with van der Waals surface area (Å²) in [6, 6.07) is 7.94. The highest BCUT2D eigenvalue weighted by Gasteiger charge is 2.64. The lowest BCUT2D eigenvalue weighted by Crippen LogP contribution is -2.23. The summed E-state index contributed by atoms with van der Waals surface area (Å²) in [5.74, 6) is 0.844. The molecule has 3 atom stereocenters. The van der Waals surface area contributed by atoms with Gasteiger partial charge in [0.1, 0.15) is 0 Å². The van der Waals surface area contributed by atoms with Gasteiger partial charge in [-0.05, 0) is 48.8 Å². The van der Waals surface area contributed by atoms with Crippen molar-refractivity contribution in [3.05, 3.63) is 34.3 Å². The number of carbonyl (C=O) groups excluding carboxylic acids is 1. The molecular formula is C17H21BrN2O. The molecule has 0 unspecified atom stereocenters. The standard InChI is InChI=1S/C17H21BrN2O/c1-11(12-6-8-13(18)9-7-12)19-20-16(21)15-14-5-3-4-10-17(14,15)2/h6-9,14-15H,3-5,10H2,1-2H3,(H,20,21)/b19-11-/t14-,15+,17-/m1/s1. The van der Waals surface area contributed by atoms with Crippen LogP contribution in [0.1, 0.15) is 45.1 Å². The number of hydrogen-bond donors (Lipinski definition) is 1. The monoisotopic (exact) mass is 348 g/mol. The van der Waals surface area contributed by atoms with Gasteiger partial charge in [-0.2, -0.15) is 5.10 Å². The number of carbonyl (C=O) groups is 1. The second kappa shape index (κ2) is 5.56. The maximum Gasteiger partial charge on any atom is 0.244 e. The summed E-state index contributed by atoms with van der Waals surface area (Å²) in [5, 5.41) is 4.28. The van der Waals surface area contributed by atoms with Crippen LogP contribution in [-0.4, -0.2) is 11.6 Å². The maximum absolute atomic E-state index is 12.3. The summed E-state index contributed by atoms with van der Waals surface area (Å²) < 4.78 is 1.04. The molecule has 1 N–H and O–H groups in total. The van der Waals surface area contributed by atoms with Crippen LogP contribution in [0.4, 0.5) is 0 Å². The summed E-state index contributed by atoms with van der Waals surface area (Å²) in [5.41, 5.74) is 4.88. The average molecular weight is 349 g/mol. The highest BCUT2D eigenvalue weighted by atomic mass is 79.9. The lowest BCUT2D eigenvalue weighted by atomic mass is 9.90. The SMILES string of the molecule is C/C(=N/NC(=O)[C@@H]1[C@H]2CCCC[C@]21C)c1ccc(Br)cc1. The Kier molecular flexibility index (Phi) is 3.91. The van der Waals surface area contributed by atoms with Crippen molar-refractivity contribution in [3.63, 3.8) is 0 Å². The molecule has 1 aromatic rings. The number of fused-ring (bicyclic) bond motifs is 1. The van der Waals surface area contributed by atoms with E-state index < -0.39 is 0 Å². The van der Waals surface area contributed by atoms with Crippen molar-refractivity contribution in [1.29, 1.82) is 0 Å². The van der Waals surface area contributed by atoms with Crippen LogP contribution in [0.2, 0.25) is 0 Å². The Balaban J connectivity index is 1.63. The Labute approximate surface area is 134 Å². The molecule has 0 spiro atoms. The molecule has 21 heavy (non-hydrogen) atoms. The maximum atomic E-state index is 12.3. The quantitative estimate of drug-likeness (QED) is 0.647. The smallest absolute Gasteiger partial charge is 0.244 e. The Morgan fingerprint density at radius 1 is 1.33 bits per heavy atom. The Hall–Kier alpha value is -1.16. The minimum absolute atomic E-state index is 0.0980. The number of benzene rings is 1. The summed E-state index contributed by atoms with van der Waals surface area (Å²) in [4.78, 5) is 12.3. The van der Waals surface area contributed by atoms with Gasteiger partial charge in [-0.15, -0.1) is 0 Å². The van der Waals surface area contributed by atoms with Crippen LogP contribution in [0.5, 0.6) is 0 Å². The number of rotatable bonds is 3. The zero-order valence-corrected chi connectivity index (χ0v) is 14.1. The molecule has 2 fully saturated rings. The number of hydrazone groups is 1. The van der Waals surface area contributed by atoms with Crippen LogP contribution in [-0.2, 0) is 4.79 Å². The lowest BCUT2D eigenvalue weighted by molar-refractivity contribution is -0.123. The molecule has 3 rings (SSSR count). The van der Waals surface area contributed by atoms with Crippen LogP contribution >= 0.6 is 15.9 Å². The zero-order valence-electron chi connectivity index (χ0n) is 12.5. The van der Waals surface area contributed by atoms with E-state index in [2.05, 4.69) is 33.4 Å². The van der Waals surface area contributed by atoms with E-state index in [4.69, 9.17) is 0 Å². The Morgan fingerprint density at radius 3 is 2.67 bits per heavy atom. The van der Waals surface area contributed by atoms with Crippen LogP contribution in [0.15, 0.2) is 33.8 Å². The predicted molar refractivity (Wildman–Crippen MR) is 88.1 cm³/mol. The molecule has 3 nitrogen and oxygen atoms in total. The van der Waals surface area contributed by atoms with E-state index in [0.717, 1.165) is 15.7 Å². The van der Waals surface area contributed by atoms with Crippen molar-refractivity contribution in [2.45, 2.75) is 39.5 Å². The van der Waals surface area contributed by atoms with Crippen molar-refractivity contribution in [1.82, 2.24) is 5.43 Å². The molecule has 1 aromatic carbocycles. The Morgan fingerprint density at radius 2 is 2.05 bits per heavy atom. The first kappa shape index (κ1) is 14.8. The van der Waals surface area contributed by atoms with Crippen LogP contribution in [0.3, 0.4) is 0 Å². The molecule has 0 aromatic heterocycles. The van der Waals surface area contributed by atoms with Crippen molar-refractivity contribution in [2.75, 3.05) is 0 Å². The minimum atomic E-state index is 0.0980. The van der Waals surface area contributed by atoms with Gasteiger partial charge in [-0.3, -0.25) is 4.79 Å². The highest BCUT2D eigenvalue weighted by Crippen LogP contribution is 2.66. The normalized spacial score (nSPS) is 31.5. The molecule has 0 radical (unpaired) electrons. The van der Waals surface area contributed by atoms with E-state index >= 15 is 0 Å². The van der Waals surface area contributed by atoms with E-state index in [1.807, 2.05) is 31.2 Å². The molecule has 0 saturated heterocycles. The molecule has 112 valence electrons. The van der Waals surface area contributed by atoms with Gasteiger partial charge < -0.3 is 0 Å². The molecule has 0 bridgehead atoms. The van der Waals surface area contributed by atoms with E-state index in [1.54, 1.807) is 0 Å². The number of hydrogen-bond acceptors (Lipinski definition) is 2. The third-order valence-corrected chi connectivity index (χ3v) is 5.74.